The zero-order chi connectivity index (χ0) is 27.1. The SMILES string of the molecule is CCOC(=O)c1sc(CC(=O)/C(C#N)=C/c2ccc(-c3cccc(C(=O)O)c3)o2)c(C(=O)OCC)c1C. The van der Waals surface area contributed by atoms with Crippen LogP contribution in [0.1, 0.15) is 60.4 Å². The number of hydrogen-bond acceptors (Lipinski definition) is 9. The molecule has 1 N–H and O–H groups in total. The highest BCUT2D eigenvalue weighted by Gasteiger charge is 2.28. The van der Waals surface area contributed by atoms with E-state index < -0.39 is 23.7 Å². The average molecular weight is 522 g/mol. The van der Waals surface area contributed by atoms with Gasteiger partial charge in [0.2, 0.25) is 0 Å². The van der Waals surface area contributed by atoms with Crippen molar-refractivity contribution in [2.45, 2.75) is 27.2 Å². The first-order valence-corrected chi connectivity index (χ1v) is 12.1. The first kappa shape index (κ1) is 27.1. The van der Waals surface area contributed by atoms with Gasteiger partial charge in [0.15, 0.2) is 5.78 Å². The van der Waals surface area contributed by atoms with Gasteiger partial charge in [0.05, 0.1) is 29.9 Å². The number of nitrogens with zero attached hydrogens (tertiary/aromatic N) is 1. The molecular weight excluding hydrogens is 498 g/mol. The minimum atomic E-state index is -1.08. The van der Waals surface area contributed by atoms with Crippen LogP contribution in [0.25, 0.3) is 17.4 Å². The predicted octanol–water partition coefficient (Wildman–Crippen LogP) is 5.09. The molecule has 0 radical (unpaired) electrons. The van der Waals surface area contributed by atoms with Crippen molar-refractivity contribution in [3.8, 4) is 17.4 Å². The van der Waals surface area contributed by atoms with Crippen LogP contribution in [0.5, 0.6) is 0 Å². The molecule has 0 fully saturated rings. The third-order valence-electron chi connectivity index (χ3n) is 5.21. The van der Waals surface area contributed by atoms with Gasteiger partial charge in [0.1, 0.15) is 22.5 Å². The van der Waals surface area contributed by atoms with Gasteiger partial charge in [-0.3, -0.25) is 4.79 Å². The maximum atomic E-state index is 13.0. The molecule has 0 bridgehead atoms. The predicted molar refractivity (Wildman–Crippen MR) is 134 cm³/mol. The van der Waals surface area contributed by atoms with E-state index in [2.05, 4.69) is 0 Å². The Morgan fingerprint density at radius 1 is 1.08 bits per heavy atom. The second kappa shape index (κ2) is 12.0. The van der Waals surface area contributed by atoms with Crippen molar-refractivity contribution in [1.82, 2.24) is 0 Å². The molecule has 0 saturated carbocycles. The molecule has 0 spiro atoms. The number of benzene rings is 1. The number of carbonyl (C=O) groups excluding carboxylic acids is 3. The topological polar surface area (TPSA) is 144 Å². The van der Waals surface area contributed by atoms with Crippen molar-refractivity contribution in [2.24, 2.45) is 0 Å². The van der Waals surface area contributed by atoms with Crippen molar-refractivity contribution in [3.63, 3.8) is 0 Å². The maximum Gasteiger partial charge on any atom is 0.348 e. The third-order valence-corrected chi connectivity index (χ3v) is 6.48. The highest BCUT2D eigenvalue weighted by Crippen LogP contribution is 2.31. The highest BCUT2D eigenvalue weighted by molar-refractivity contribution is 7.14. The zero-order valence-electron chi connectivity index (χ0n) is 20.3. The Labute approximate surface area is 216 Å². The molecule has 0 amide bonds. The number of nitriles is 1. The molecule has 3 aromatic rings. The van der Waals surface area contributed by atoms with Crippen LogP contribution in [-0.4, -0.2) is 42.0 Å². The Hall–Kier alpha value is -4.49. The molecule has 0 aliphatic rings. The number of aromatic carboxylic acids is 1. The van der Waals surface area contributed by atoms with E-state index in [0.717, 1.165) is 11.3 Å². The number of carboxylic acid groups (broad SMARTS) is 1. The van der Waals surface area contributed by atoms with Crippen LogP contribution in [-0.2, 0) is 20.7 Å². The Bertz CT molecular complexity index is 1440. The number of allylic oxidation sites excluding steroid dienone is 1. The number of furan rings is 1. The monoisotopic (exact) mass is 521 g/mol. The number of ketones is 1. The lowest BCUT2D eigenvalue weighted by atomic mass is 10.0. The van der Waals surface area contributed by atoms with E-state index in [4.69, 9.17) is 13.9 Å². The quantitative estimate of drug-likeness (QED) is 0.219. The molecule has 0 aliphatic carbocycles. The smallest absolute Gasteiger partial charge is 0.348 e. The zero-order valence-corrected chi connectivity index (χ0v) is 21.1. The first-order valence-electron chi connectivity index (χ1n) is 11.2. The van der Waals surface area contributed by atoms with Crippen LogP contribution in [0.15, 0.2) is 46.4 Å². The summed E-state index contributed by atoms with van der Waals surface area (Å²) in [5.41, 5.74) is 0.845. The standard InChI is InChI=1S/C27H23NO8S/c1-4-34-26(32)23-15(3)24(27(33)35-5-2)37-22(23)13-20(29)18(14-28)12-19-9-10-21(36-19)16-7-6-8-17(11-16)25(30)31/h6-12H,4-5,13H2,1-3H3,(H,30,31)/b18-12+. The van der Waals surface area contributed by atoms with Gasteiger partial charge < -0.3 is 19.0 Å². The summed E-state index contributed by atoms with van der Waals surface area (Å²) in [5, 5.41) is 18.8. The Morgan fingerprint density at radius 2 is 1.78 bits per heavy atom. The molecule has 9 nitrogen and oxygen atoms in total. The fraction of sp³-hybridized carbons (Fsp3) is 0.222. The van der Waals surface area contributed by atoms with E-state index >= 15 is 0 Å². The Kier molecular flexibility index (Phi) is 8.77. The number of rotatable bonds is 10. The van der Waals surface area contributed by atoms with Gasteiger partial charge >= 0.3 is 17.9 Å². The fourth-order valence-corrected chi connectivity index (χ4v) is 4.69. The fourth-order valence-electron chi connectivity index (χ4n) is 3.51. The Balaban J connectivity index is 1.91. The van der Waals surface area contributed by atoms with E-state index in [1.807, 2.05) is 6.07 Å². The van der Waals surface area contributed by atoms with Crippen molar-refractivity contribution < 1.29 is 38.2 Å². The van der Waals surface area contributed by atoms with Gasteiger partial charge in [-0.15, -0.1) is 11.3 Å². The molecular formula is C27H23NO8S. The number of ether oxygens (including phenoxy) is 2. The lowest BCUT2D eigenvalue weighted by Gasteiger charge is -2.05. The summed E-state index contributed by atoms with van der Waals surface area (Å²) in [6.45, 7) is 5.13. The summed E-state index contributed by atoms with van der Waals surface area (Å²) in [5.74, 6) is -2.38. The molecule has 0 saturated heterocycles. The molecule has 190 valence electrons. The van der Waals surface area contributed by atoms with Gasteiger partial charge in [-0.05, 0) is 50.6 Å². The van der Waals surface area contributed by atoms with Crippen LogP contribution in [0, 0.1) is 18.3 Å². The third kappa shape index (κ3) is 6.20. The Morgan fingerprint density at radius 3 is 2.43 bits per heavy atom. The van der Waals surface area contributed by atoms with Crippen LogP contribution in [0.3, 0.4) is 0 Å². The second-order valence-corrected chi connectivity index (χ2v) is 8.76. The number of Topliss-reactive ketones (excluding diaryl/α,β-unsaturated/α-hetero) is 1. The van der Waals surface area contributed by atoms with Crippen LogP contribution < -0.4 is 0 Å². The van der Waals surface area contributed by atoms with Crippen LogP contribution in [0.2, 0.25) is 0 Å². The van der Waals surface area contributed by atoms with Crippen LogP contribution in [0.4, 0.5) is 0 Å². The van der Waals surface area contributed by atoms with Gasteiger partial charge in [0, 0.05) is 22.9 Å². The number of esters is 2. The minimum absolute atomic E-state index is 0.0877. The molecule has 2 heterocycles. The minimum Gasteiger partial charge on any atom is -0.478 e. The second-order valence-electron chi connectivity index (χ2n) is 7.65. The lowest BCUT2D eigenvalue weighted by Crippen LogP contribution is -2.12. The number of hydrogen-bond donors (Lipinski definition) is 1. The lowest BCUT2D eigenvalue weighted by molar-refractivity contribution is -0.114. The summed E-state index contributed by atoms with van der Waals surface area (Å²) < 4.78 is 15.9. The maximum absolute atomic E-state index is 13.0. The van der Waals surface area contributed by atoms with E-state index in [1.54, 1.807) is 45.0 Å². The summed E-state index contributed by atoms with van der Waals surface area (Å²) in [6, 6.07) is 11.1. The highest BCUT2D eigenvalue weighted by atomic mass is 32.1. The molecule has 2 aromatic heterocycles. The summed E-state index contributed by atoms with van der Waals surface area (Å²) in [4.78, 5) is 49.7. The summed E-state index contributed by atoms with van der Waals surface area (Å²) in [6.07, 6.45) is 0.955. The van der Waals surface area contributed by atoms with Crippen molar-refractivity contribution >= 4 is 41.1 Å². The molecule has 0 atom stereocenters. The molecule has 0 aliphatic heterocycles. The van der Waals surface area contributed by atoms with E-state index in [-0.39, 0.29) is 51.8 Å². The van der Waals surface area contributed by atoms with Gasteiger partial charge in [-0.25, -0.2) is 14.4 Å². The normalized spacial score (nSPS) is 11.0. The van der Waals surface area contributed by atoms with Gasteiger partial charge in [-0.2, -0.15) is 5.26 Å². The molecule has 0 unspecified atom stereocenters. The van der Waals surface area contributed by atoms with Crippen molar-refractivity contribution in [2.75, 3.05) is 13.2 Å². The first-order chi connectivity index (χ1) is 17.7. The van der Waals surface area contributed by atoms with Crippen LogP contribution >= 0.6 is 11.3 Å². The average Bonchev–Trinajstić information content (AvgIpc) is 3.47. The number of carbonyl (C=O) groups is 4. The number of thiophene rings is 1. The molecule has 3 rings (SSSR count). The van der Waals surface area contributed by atoms with E-state index in [9.17, 15) is 29.5 Å². The molecule has 37 heavy (non-hydrogen) atoms. The molecule has 10 heteroatoms. The van der Waals surface area contributed by atoms with E-state index in [0.29, 0.717) is 16.9 Å². The summed E-state index contributed by atoms with van der Waals surface area (Å²) in [7, 11) is 0. The largest absolute Gasteiger partial charge is 0.478 e. The van der Waals surface area contributed by atoms with Gasteiger partial charge in [-0.1, -0.05) is 12.1 Å². The number of carboxylic acids is 1. The molecule has 1 aromatic carbocycles. The summed E-state index contributed by atoms with van der Waals surface area (Å²) >= 11 is 0.952. The van der Waals surface area contributed by atoms with Crippen molar-refractivity contribution in [3.05, 3.63) is 74.2 Å². The van der Waals surface area contributed by atoms with E-state index in [1.165, 1.54) is 18.2 Å². The van der Waals surface area contributed by atoms with Crippen molar-refractivity contribution in [1.29, 1.82) is 5.26 Å². The van der Waals surface area contributed by atoms with Gasteiger partial charge in [0.25, 0.3) is 0 Å².